The van der Waals surface area contributed by atoms with Crippen LogP contribution in [0.1, 0.15) is 31.1 Å². The van der Waals surface area contributed by atoms with Crippen LogP contribution in [0, 0.1) is 5.82 Å². The molecule has 6 nitrogen and oxygen atoms in total. The molecule has 2 amide bonds. The van der Waals surface area contributed by atoms with E-state index in [9.17, 15) is 31.9 Å². The normalized spacial score (nSPS) is 13.6. The highest BCUT2D eigenvalue weighted by molar-refractivity contribution is 6.21. The molecule has 3 rings (SSSR count). The second kappa shape index (κ2) is 6.14. The van der Waals surface area contributed by atoms with Gasteiger partial charge in [0.2, 0.25) is 0 Å². The van der Waals surface area contributed by atoms with Crippen molar-refractivity contribution in [2.45, 2.75) is 6.36 Å². The number of carbonyl (C=O) groups excluding carboxylic acids is 3. The summed E-state index contributed by atoms with van der Waals surface area (Å²) in [6.45, 7) is 0. The fourth-order valence-corrected chi connectivity index (χ4v) is 2.27. The number of para-hydroxylation sites is 1. The molecule has 0 fully saturated rings. The van der Waals surface area contributed by atoms with E-state index in [0.29, 0.717) is 6.07 Å². The largest absolute Gasteiger partial charge is 0.573 e. The van der Waals surface area contributed by atoms with Gasteiger partial charge in [-0.15, -0.1) is 13.2 Å². The number of carbonyl (C=O) groups is 3. The van der Waals surface area contributed by atoms with Gasteiger partial charge >= 0.3 is 12.3 Å². The van der Waals surface area contributed by atoms with Crippen LogP contribution in [-0.4, -0.2) is 29.2 Å². The van der Waals surface area contributed by atoms with Crippen molar-refractivity contribution < 1.29 is 41.5 Å². The highest BCUT2D eigenvalue weighted by atomic mass is 19.4. The third kappa shape index (κ3) is 3.08. The van der Waals surface area contributed by atoms with Crippen molar-refractivity contribution in [1.82, 2.24) is 5.06 Å². The summed E-state index contributed by atoms with van der Waals surface area (Å²) in [6, 6.07) is 7.93. The molecule has 0 radical (unpaired) electrons. The summed E-state index contributed by atoms with van der Waals surface area (Å²) in [6.07, 6.45) is -5.27. The number of benzene rings is 2. The van der Waals surface area contributed by atoms with Gasteiger partial charge in [-0.1, -0.05) is 23.3 Å². The lowest BCUT2D eigenvalue weighted by atomic mass is 10.1. The van der Waals surface area contributed by atoms with Crippen LogP contribution in [0.4, 0.5) is 17.6 Å². The summed E-state index contributed by atoms with van der Waals surface area (Å²) in [5.41, 5.74) is -1.04. The molecule has 0 unspecified atom stereocenters. The monoisotopic (exact) mass is 369 g/mol. The SMILES string of the molecule is O=C(ON1C(=O)c2ccccc2C1=O)c1cccc(F)c1OC(F)(F)F. The Labute approximate surface area is 142 Å². The average molecular weight is 369 g/mol. The third-order valence-electron chi connectivity index (χ3n) is 3.34. The number of fused-ring (bicyclic) bond motifs is 1. The number of ether oxygens (including phenoxy) is 1. The predicted octanol–water partition coefficient (Wildman–Crippen LogP) is 3.09. The van der Waals surface area contributed by atoms with E-state index in [2.05, 4.69) is 9.57 Å². The van der Waals surface area contributed by atoms with E-state index in [4.69, 9.17) is 0 Å². The zero-order valence-corrected chi connectivity index (χ0v) is 12.5. The Morgan fingerprint density at radius 2 is 1.50 bits per heavy atom. The fourth-order valence-electron chi connectivity index (χ4n) is 2.27. The first-order chi connectivity index (χ1) is 12.2. The number of amides is 2. The number of hydroxylamine groups is 2. The second-order valence-corrected chi connectivity index (χ2v) is 4.99. The minimum Gasteiger partial charge on any atom is -0.402 e. The first kappa shape index (κ1) is 17.4. The number of imide groups is 1. The Balaban J connectivity index is 1.90. The summed E-state index contributed by atoms with van der Waals surface area (Å²) >= 11 is 0. The van der Waals surface area contributed by atoms with E-state index < -0.39 is 41.3 Å². The maximum Gasteiger partial charge on any atom is 0.573 e. The molecule has 0 aromatic heterocycles. The van der Waals surface area contributed by atoms with Gasteiger partial charge in [0.05, 0.1) is 11.1 Å². The van der Waals surface area contributed by atoms with Crippen LogP contribution in [0.2, 0.25) is 0 Å². The zero-order chi connectivity index (χ0) is 19.1. The topological polar surface area (TPSA) is 72.9 Å². The molecule has 1 aliphatic heterocycles. The molecule has 0 atom stereocenters. The van der Waals surface area contributed by atoms with Crippen molar-refractivity contribution in [3.05, 3.63) is 65.0 Å². The predicted molar refractivity (Wildman–Crippen MR) is 75.4 cm³/mol. The molecule has 0 aliphatic carbocycles. The summed E-state index contributed by atoms with van der Waals surface area (Å²) in [7, 11) is 0. The number of hydrogen-bond acceptors (Lipinski definition) is 5. The lowest BCUT2D eigenvalue weighted by Crippen LogP contribution is -2.33. The molecular formula is C16H7F4NO5. The summed E-state index contributed by atoms with van der Waals surface area (Å²) in [5.74, 6) is -6.43. The van der Waals surface area contributed by atoms with Crippen molar-refractivity contribution in [1.29, 1.82) is 0 Å². The van der Waals surface area contributed by atoms with E-state index in [-0.39, 0.29) is 16.2 Å². The number of hydrogen-bond donors (Lipinski definition) is 0. The number of alkyl halides is 3. The van der Waals surface area contributed by atoms with Crippen LogP contribution in [0.25, 0.3) is 0 Å². The number of nitrogens with zero attached hydrogens (tertiary/aromatic N) is 1. The summed E-state index contributed by atoms with van der Waals surface area (Å²) < 4.78 is 54.4. The average Bonchev–Trinajstić information content (AvgIpc) is 2.81. The van der Waals surface area contributed by atoms with Crippen molar-refractivity contribution >= 4 is 17.8 Å². The van der Waals surface area contributed by atoms with Crippen molar-refractivity contribution in [2.75, 3.05) is 0 Å². The van der Waals surface area contributed by atoms with Gasteiger partial charge in [0.25, 0.3) is 11.8 Å². The van der Waals surface area contributed by atoms with Gasteiger partial charge in [0.15, 0.2) is 11.6 Å². The molecule has 2 aromatic rings. The van der Waals surface area contributed by atoms with Gasteiger partial charge in [-0.05, 0) is 24.3 Å². The molecule has 0 saturated heterocycles. The fraction of sp³-hybridized carbons (Fsp3) is 0.0625. The van der Waals surface area contributed by atoms with Crippen LogP contribution in [-0.2, 0) is 4.84 Å². The second-order valence-electron chi connectivity index (χ2n) is 4.99. The Morgan fingerprint density at radius 1 is 0.923 bits per heavy atom. The first-order valence-corrected chi connectivity index (χ1v) is 6.93. The maximum atomic E-state index is 13.6. The molecule has 26 heavy (non-hydrogen) atoms. The molecule has 0 bridgehead atoms. The zero-order valence-electron chi connectivity index (χ0n) is 12.5. The molecule has 1 heterocycles. The van der Waals surface area contributed by atoms with Gasteiger partial charge in [-0.2, -0.15) is 0 Å². The summed E-state index contributed by atoms with van der Waals surface area (Å²) in [4.78, 5) is 40.9. The lowest BCUT2D eigenvalue weighted by molar-refractivity contribution is -0.275. The molecular weight excluding hydrogens is 362 g/mol. The minimum absolute atomic E-state index is 0.0451. The minimum atomic E-state index is -5.27. The molecule has 2 aromatic carbocycles. The summed E-state index contributed by atoms with van der Waals surface area (Å²) in [5, 5.41) is 0.0925. The van der Waals surface area contributed by atoms with E-state index >= 15 is 0 Å². The quantitative estimate of drug-likeness (QED) is 0.614. The van der Waals surface area contributed by atoms with Crippen molar-refractivity contribution in [3.8, 4) is 5.75 Å². The van der Waals surface area contributed by atoms with Crippen molar-refractivity contribution in [2.24, 2.45) is 0 Å². The van der Waals surface area contributed by atoms with Crippen LogP contribution in [0.3, 0.4) is 0 Å². The molecule has 10 heteroatoms. The van der Waals surface area contributed by atoms with Crippen molar-refractivity contribution in [3.63, 3.8) is 0 Å². The highest BCUT2D eigenvalue weighted by Gasteiger charge is 2.40. The molecule has 0 N–H and O–H groups in total. The maximum absolute atomic E-state index is 13.6. The Hall–Kier alpha value is -3.43. The molecule has 0 saturated carbocycles. The molecule has 1 aliphatic rings. The third-order valence-corrected chi connectivity index (χ3v) is 3.34. The van der Waals surface area contributed by atoms with Crippen LogP contribution < -0.4 is 4.74 Å². The van der Waals surface area contributed by atoms with Gasteiger partial charge in [-0.3, -0.25) is 9.59 Å². The standard InChI is InChI=1S/C16H7F4NO5/c17-11-7-3-6-10(12(11)25-16(18,19)20)15(24)26-21-13(22)8-4-1-2-5-9(8)14(21)23/h1-7H. The lowest BCUT2D eigenvalue weighted by Gasteiger charge is -2.16. The van der Waals surface area contributed by atoms with E-state index in [1.807, 2.05) is 0 Å². The Bertz CT molecular complexity index is 890. The number of halogens is 4. The van der Waals surface area contributed by atoms with Gasteiger partial charge in [-0.25, -0.2) is 9.18 Å². The first-order valence-electron chi connectivity index (χ1n) is 6.93. The van der Waals surface area contributed by atoms with Crippen LogP contribution in [0.15, 0.2) is 42.5 Å². The smallest absolute Gasteiger partial charge is 0.402 e. The highest BCUT2D eigenvalue weighted by Crippen LogP contribution is 2.31. The van der Waals surface area contributed by atoms with Gasteiger partial charge < -0.3 is 9.57 Å². The Kier molecular flexibility index (Phi) is 4.10. The van der Waals surface area contributed by atoms with Crippen LogP contribution >= 0.6 is 0 Å². The van der Waals surface area contributed by atoms with Gasteiger partial charge in [0, 0.05) is 0 Å². The number of rotatable bonds is 3. The molecule has 0 spiro atoms. The van der Waals surface area contributed by atoms with E-state index in [1.54, 1.807) is 0 Å². The van der Waals surface area contributed by atoms with E-state index in [0.717, 1.165) is 12.1 Å². The molecule has 134 valence electrons. The van der Waals surface area contributed by atoms with E-state index in [1.165, 1.54) is 24.3 Å². The van der Waals surface area contributed by atoms with Crippen LogP contribution in [0.5, 0.6) is 5.75 Å². The Morgan fingerprint density at radius 3 is 2.04 bits per heavy atom. The van der Waals surface area contributed by atoms with Gasteiger partial charge in [0.1, 0.15) is 5.56 Å².